The van der Waals surface area contributed by atoms with E-state index in [2.05, 4.69) is 18.8 Å². The van der Waals surface area contributed by atoms with E-state index in [0.29, 0.717) is 5.82 Å². The lowest BCUT2D eigenvalue weighted by Gasteiger charge is -2.30. The number of aliphatic hydroxyl groups is 1. The predicted molar refractivity (Wildman–Crippen MR) is 67.1 cm³/mol. The average Bonchev–Trinajstić information content (AvgIpc) is 2.17. The number of pyridine rings is 1. The van der Waals surface area contributed by atoms with Crippen LogP contribution in [0.25, 0.3) is 0 Å². The number of aryl methyl sites for hydroxylation is 1. The highest BCUT2D eigenvalue weighted by Gasteiger charge is 2.31. The second kappa shape index (κ2) is 5.30. The first kappa shape index (κ1) is 13.0. The van der Waals surface area contributed by atoms with Gasteiger partial charge in [0, 0.05) is 11.8 Å². The van der Waals surface area contributed by atoms with E-state index in [1.165, 1.54) is 0 Å². The quantitative estimate of drug-likeness (QED) is 0.805. The highest BCUT2D eigenvalue weighted by molar-refractivity contribution is 5.47. The van der Waals surface area contributed by atoms with Crippen LogP contribution >= 0.6 is 0 Å². The molecule has 0 saturated heterocycles. The first-order chi connectivity index (χ1) is 7.55. The van der Waals surface area contributed by atoms with Crippen LogP contribution in [0.4, 0.5) is 5.82 Å². The molecule has 0 aliphatic rings. The summed E-state index contributed by atoms with van der Waals surface area (Å²) in [6.45, 7) is 6.12. The Morgan fingerprint density at radius 3 is 2.31 bits per heavy atom. The number of nitrogens with zero attached hydrogens (tertiary/aromatic N) is 1. The number of hydrogen-bond donors (Lipinski definition) is 2. The Kier molecular flexibility index (Phi) is 4.30. The fourth-order valence-electron chi connectivity index (χ4n) is 2.39. The summed E-state index contributed by atoms with van der Waals surface area (Å²) in [7, 11) is 0. The highest BCUT2D eigenvalue weighted by Crippen LogP contribution is 2.36. The van der Waals surface area contributed by atoms with Crippen LogP contribution in [0.5, 0.6) is 0 Å². The summed E-state index contributed by atoms with van der Waals surface area (Å²) in [5, 5.41) is 10.7. The second-order valence-electron chi connectivity index (χ2n) is 4.42. The summed E-state index contributed by atoms with van der Waals surface area (Å²) < 4.78 is 0. The average molecular weight is 222 g/mol. The maximum Gasteiger partial charge on any atom is 0.129 e. The van der Waals surface area contributed by atoms with Crippen molar-refractivity contribution in [3.05, 3.63) is 23.4 Å². The molecule has 3 heteroatoms. The normalized spacial score (nSPS) is 11.8. The molecule has 0 bridgehead atoms. The molecule has 90 valence electrons. The van der Waals surface area contributed by atoms with Crippen LogP contribution in [0.2, 0.25) is 0 Å². The molecular weight excluding hydrogens is 200 g/mol. The molecule has 1 aromatic heterocycles. The van der Waals surface area contributed by atoms with E-state index in [1.807, 2.05) is 13.0 Å². The van der Waals surface area contributed by atoms with Gasteiger partial charge in [0.05, 0.1) is 5.60 Å². The molecule has 0 amide bonds. The van der Waals surface area contributed by atoms with Gasteiger partial charge in [-0.2, -0.15) is 0 Å². The van der Waals surface area contributed by atoms with Crippen LogP contribution in [0, 0.1) is 6.92 Å². The minimum absolute atomic E-state index is 0.462. The van der Waals surface area contributed by atoms with Crippen LogP contribution in [0.15, 0.2) is 12.3 Å². The van der Waals surface area contributed by atoms with Gasteiger partial charge < -0.3 is 10.8 Å². The van der Waals surface area contributed by atoms with Gasteiger partial charge in [-0.05, 0) is 31.4 Å². The lowest BCUT2D eigenvalue weighted by molar-refractivity contribution is 0.0169. The number of nitrogen functional groups attached to an aromatic ring is 1. The van der Waals surface area contributed by atoms with Crippen molar-refractivity contribution in [2.24, 2.45) is 0 Å². The number of aromatic nitrogens is 1. The van der Waals surface area contributed by atoms with Crippen LogP contribution in [0.3, 0.4) is 0 Å². The lowest BCUT2D eigenvalue weighted by atomic mass is 9.83. The molecule has 3 N–H and O–H groups in total. The van der Waals surface area contributed by atoms with Gasteiger partial charge in [-0.3, -0.25) is 0 Å². The van der Waals surface area contributed by atoms with Gasteiger partial charge >= 0.3 is 0 Å². The van der Waals surface area contributed by atoms with E-state index in [4.69, 9.17) is 5.73 Å². The fraction of sp³-hybridized carbons (Fsp3) is 0.615. The fourth-order valence-corrected chi connectivity index (χ4v) is 2.39. The summed E-state index contributed by atoms with van der Waals surface area (Å²) >= 11 is 0. The Labute approximate surface area is 97.7 Å². The van der Waals surface area contributed by atoms with Gasteiger partial charge in [0.25, 0.3) is 0 Å². The molecule has 0 aliphatic heterocycles. The van der Waals surface area contributed by atoms with Crippen molar-refractivity contribution in [2.75, 3.05) is 5.73 Å². The lowest BCUT2D eigenvalue weighted by Crippen LogP contribution is -2.28. The molecule has 16 heavy (non-hydrogen) atoms. The van der Waals surface area contributed by atoms with E-state index in [0.717, 1.165) is 36.8 Å². The largest absolute Gasteiger partial charge is 0.385 e. The number of hydrogen-bond acceptors (Lipinski definition) is 3. The maximum absolute atomic E-state index is 10.7. The smallest absolute Gasteiger partial charge is 0.129 e. The number of nitrogens with two attached hydrogens (primary N) is 1. The monoisotopic (exact) mass is 222 g/mol. The standard InChI is InChI=1S/C13H22N2O/c1-4-7-13(16,8-5-2)11-10(3)6-9-15-12(11)14/h6,9,16H,4-5,7-8H2,1-3H3,(H2,14,15). The Hall–Kier alpha value is -1.09. The Morgan fingerprint density at radius 2 is 1.88 bits per heavy atom. The molecule has 1 rings (SSSR count). The minimum atomic E-state index is -0.814. The van der Waals surface area contributed by atoms with E-state index >= 15 is 0 Å². The summed E-state index contributed by atoms with van der Waals surface area (Å²) in [6, 6.07) is 1.90. The second-order valence-corrected chi connectivity index (χ2v) is 4.42. The summed E-state index contributed by atoms with van der Waals surface area (Å²) in [4.78, 5) is 4.09. The Balaban J connectivity index is 3.19. The summed E-state index contributed by atoms with van der Waals surface area (Å²) in [5.74, 6) is 0.462. The van der Waals surface area contributed by atoms with Gasteiger partial charge in [-0.25, -0.2) is 4.98 Å². The van der Waals surface area contributed by atoms with E-state index in [9.17, 15) is 5.11 Å². The molecule has 3 nitrogen and oxygen atoms in total. The molecule has 0 unspecified atom stereocenters. The van der Waals surface area contributed by atoms with E-state index in [-0.39, 0.29) is 0 Å². The molecule has 0 saturated carbocycles. The predicted octanol–water partition coefficient (Wildman–Crippen LogP) is 2.76. The van der Waals surface area contributed by atoms with Gasteiger partial charge in [0.15, 0.2) is 0 Å². The van der Waals surface area contributed by atoms with E-state index < -0.39 is 5.60 Å². The molecule has 0 atom stereocenters. The molecule has 0 aliphatic carbocycles. The van der Waals surface area contributed by atoms with Gasteiger partial charge in [-0.1, -0.05) is 26.7 Å². The molecular formula is C13H22N2O. The molecule has 1 aromatic rings. The highest BCUT2D eigenvalue weighted by atomic mass is 16.3. The van der Waals surface area contributed by atoms with Gasteiger partial charge in [0.1, 0.15) is 5.82 Å². The zero-order valence-corrected chi connectivity index (χ0v) is 10.5. The van der Waals surface area contributed by atoms with Crippen LogP contribution in [-0.4, -0.2) is 10.1 Å². The van der Waals surface area contributed by atoms with Crippen LogP contribution in [0.1, 0.15) is 50.7 Å². The number of anilines is 1. The van der Waals surface area contributed by atoms with Crippen molar-refractivity contribution in [3.63, 3.8) is 0 Å². The van der Waals surface area contributed by atoms with Gasteiger partial charge in [0.2, 0.25) is 0 Å². The van der Waals surface area contributed by atoms with Crippen molar-refractivity contribution in [2.45, 2.75) is 52.1 Å². The van der Waals surface area contributed by atoms with Crippen LogP contribution < -0.4 is 5.73 Å². The summed E-state index contributed by atoms with van der Waals surface area (Å²) in [5.41, 5.74) is 6.93. The third kappa shape index (κ3) is 2.53. The van der Waals surface area contributed by atoms with E-state index in [1.54, 1.807) is 6.20 Å². The maximum atomic E-state index is 10.7. The first-order valence-electron chi connectivity index (χ1n) is 5.99. The molecule has 0 aromatic carbocycles. The number of rotatable bonds is 5. The zero-order chi connectivity index (χ0) is 12.2. The third-order valence-corrected chi connectivity index (χ3v) is 2.98. The SMILES string of the molecule is CCCC(O)(CCC)c1c(C)ccnc1N. The van der Waals surface area contributed by atoms with Crippen molar-refractivity contribution in [1.29, 1.82) is 0 Å². The zero-order valence-electron chi connectivity index (χ0n) is 10.5. The topological polar surface area (TPSA) is 59.1 Å². The molecule has 0 spiro atoms. The van der Waals surface area contributed by atoms with Crippen molar-refractivity contribution in [3.8, 4) is 0 Å². The Morgan fingerprint density at radius 1 is 1.31 bits per heavy atom. The first-order valence-corrected chi connectivity index (χ1v) is 5.99. The minimum Gasteiger partial charge on any atom is -0.385 e. The Bertz CT molecular complexity index is 324. The van der Waals surface area contributed by atoms with Crippen molar-refractivity contribution < 1.29 is 5.11 Å². The van der Waals surface area contributed by atoms with Crippen LogP contribution in [-0.2, 0) is 5.60 Å². The third-order valence-electron chi connectivity index (χ3n) is 2.98. The summed E-state index contributed by atoms with van der Waals surface area (Å²) in [6.07, 6.45) is 5.02. The molecule has 0 radical (unpaired) electrons. The molecule has 0 fully saturated rings. The van der Waals surface area contributed by atoms with Crippen molar-refractivity contribution >= 4 is 5.82 Å². The van der Waals surface area contributed by atoms with Crippen molar-refractivity contribution in [1.82, 2.24) is 4.98 Å². The molecule has 1 heterocycles. The van der Waals surface area contributed by atoms with Gasteiger partial charge in [-0.15, -0.1) is 0 Å².